The predicted molar refractivity (Wildman–Crippen MR) is 102 cm³/mol. The number of carbonyl (C=O) groups excluding carboxylic acids is 1. The van der Waals surface area contributed by atoms with E-state index in [4.69, 9.17) is 4.74 Å². The number of aromatic nitrogens is 2. The van der Waals surface area contributed by atoms with Gasteiger partial charge < -0.3 is 15.0 Å². The van der Waals surface area contributed by atoms with E-state index in [9.17, 15) is 13.2 Å². The number of nitrogens with one attached hydrogen (secondary N) is 1. The standard InChI is InChI=1S/C15H26N6O4S.ClH/c1-16-14(13-11-17-18(2)12-13)15(22)19-3-5-20(6-4-19)26(23,24)21-7-9-25-10-8-21;/h11-12,14,16H,3-10H2,1-2H3;1H. The Hall–Kier alpha value is -1.24. The lowest BCUT2D eigenvalue weighted by Crippen LogP contribution is -2.56. The second-order valence-corrected chi connectivity index (χ2v) is 8.34. The van der Waals surface area contributed by atoms with Crippen LogP contribution in [0.25, 0.3) is 0 Å². The lowest BCUT2D eigenvalue weighted by Gasteiger charge is -2.38. The Morgan fingerprint density at radius 2 is 1.74 bits per heavy atom. The largest absolute Gasteiger partial charge is 0.379 e. The molecule has 27 heavy (non-hydrogen) atoms. The Balaban J connectivity index is 0.00000261. The molecule has 0 aromatic carbocycles. The predicted octanol–water partition coefficient (Wildman–Crippen LogP) is -1.18. The Kier molecular flexibility index (Phi) is 7.60. The van der Waals surface area contributed by atoms with E-state index >= 15 is 0 Å². The molecule has 1 aromatic heterocycles. The van der Waals surface area contributed by atoms with Crippen molar-refractivity contribution in [2.45, 2.75) is 6.04 Å². The van der Waals surface area contributed by atoms with Gasteiger partial charge in [0.2, 0.25) is 5.91 Å². The van der Waals surface area contributed by atoms with Gasteiger partial charge in [-0.25, -0.2) is 0 Å². The van der Waals surface area contributed by atoms with E-state index in [1.54, 1.807) is 36.1 Å². The van der Waals surface area contributed by atoms with E-state index in [-0.39, 0.29) is 18.3 Å². The average molecular weight is 423 g/mol. The van der Waals surface area contributed by atoms with Crippen LogP contribution >= 0.6 is 12.4 Å². The van der Waals surface area contributed by atoms with E-state index < -0.39 is 16.3 Å². The highest BCUT2D eigenvalue weighted by atomic mass is 35.5. The molecule has 0 radical (unpaired) electrons. The highest BCUT2D eigenvalue weighted by Crippen LogP contribution is 2.18. The van der Waals surface area contributed by atoms with Crippen LogP contribution in [0, 0.1) is 0 Å². The number of morpholine rings is 1. The molecule has 2 aliphatic rings. The molecule has 0 saturated carbocycles. The number of aryl methyl sites for hydroxylation is 1. The Morgan fingerprint density at radius 1 is 1.15 bits per heavy atom. The fraction of sp³-hybridized carbons (Fsp3) is 0.733. The highest BCUT2D eigenvalue weighted by molar-refractivity contribution is 7.86. The van der Waals surface area contributed by atoms with Crippen LogP contribution in [-0.2, 0) is 26.8 Å². The van der Waals surface area contributed by atoms with E-state index in [1.807, 2.05) is 0 Å². The molecular formula is C15H27ClN6O4S. The van der Waals surface area contributed by atoms with Gasteiger partial charge in [0.1, 0.15) is 6.04 Å². The number of likely N-dealkylation sites (N-methyl/N-ethyl adjacent to an activating group) is 1. The van der Waals surface area contributed by atoms with Crippen LogP contribution in [0.4, 0.5) is 0 Å². The van der Waals surface area contributed by atoms with Crippen LogP contribution in [0.5, 0.6) is 0 Å². The van der Waals surface area contributed by atoms with Crippen molar-refractivity contribution in [3.05, 3.63) is 18.0 Å². The number of piperazine rings is 1. The van der Waals surface area contributed by atoms with Crippen LogP contribution in [-0.4, -0.2) is 97.1 Å². The van der Waals surface area contributed by atoms with Crippen molar-refractivity contribution in [1.29, 1.82) is 0 Å². The van der Waals surface area contributed by atoms with Crippen LogP contribution in [0.2, 0.25) is 0 Å². The van der Waals surface area contributed by atoms with Gasteiger partial charge in [-0.2, -0.15) is 22.1 Å². The number of hydrogen-bond donors (Lipinski definition) is 1. The molecule has 2 saturated heterocycles. The summed E-state index contributed by atoms with van der Waals surface area (Å²) in [4.78, 5) is 14.5. The zero-order chi connectivity index (χ0) is 18.7. The molecule has 1 unspecified atom stereocenters. The van der Waals surface area contributed by atoms with Gasteiger partial charge in [-0.1, -0.05) is 0 Å². The molecule has 2 aliphatic heterocycles. The van der Waals surface area contributed by atoms with Crippen LogP contribution in [0.1, 0.15) is 11.6 Å². The number of ether oxygens (including phenoxy) is 1. The summed E-state index contributed by atoms with van der Waals surface area (Å²) in [5.74, 6) is -0.0658. The van der Waals surface area contributed by atoms with Crippen molar-refractivity contribution >= 4 is 28.5 Å². The molecule has 1 atom stereocenters. The SMILES string of the molecule is CNC(C(=O)N1CCN(S(=O)(=O)N2CCOCC2)CC1)c1cnn(C)c1.Cl. The first-order chi connectivity index (χ1) is 12.4. The van der Waals surface area contributed by atoms with Gasteiger partial charge in [-0.05, 0) is 7.05 Å². The summed E-state index contributed by atoms with van der Waals surface area (Å²) in [6.45, 7) is 2.96. The van der Waals surface area contributed by atoms with E-state index in [2.05, 4.69) is 10.4 Å². The van der Waals surface area contributed by atoms with Crippen molar-refractivity contribution in [1.82, 2.24) is 28.6 Å². The number of hydrogen-bond acceptors (Lipinski definition) is 6. The summed E-state index contributed by atoms with van der Waals surface area (Å²) in [5, 5.41) is 7.14. The van der Waals surface area contributed by atoms with Crippen LogP contribution < -0.4 is 5.32 Å². The second-order valence-electron chi connectivity index (χ2n) is 6.41. The van der Waals surface area contributed by atoms with Crippen molar-refractivity contribution in [2.24, 2.45) is 7.05 Å². The Bertz CT molecular complexity index is 728. The quantitative estimate of drug-likeness (QED) is 0.641. The summed E-state index contributed by atoms with van der Waals surface area (Å²) < 4.78 is 35.2. The molecule has 3 heterocycles. The minimum atomic E-state index is -3.49. The first kappa shape index (κ1) is 22.1. The number of amides is 1. The number of halogens is 1. The van der Waals surface area contributed by atoms with E-state index in [0.29, 0.717) is 52.5 Å². The molecule has 0 aliphatic carbocycles. The van der Waals surface area contributed by atoms with Gasteiger partial charge in [-0.15, -0.1) is 12.4 Å². The average Bonchev–Trinajstić information content (AvgIpc) is 3.09. The smallest absolute Gasteiger partial charge is 0.282 e. The minimum Gasteiger partial charge on any atom is -0.379 e. The molecule has 12 heteroatoms. The van der Waals surface area contributed by atoms with Crippen molar-refractivity contribution in [3.8, 4) is 0 Å². The third-order valence-corrected chi connectivity index (χ3v) is 6.80. The van der Waals surface area contributed by atoms with Gasteiger partial charge in [0.15, 0.2) is 0 Å². The van der Waals surface area contributed by atoms with Gasteiger partial charge in [0.25, 0.3) is 10.2 Å². The third kappa shape index (κ3) is 4.79. The second kappa shape index (κ2) is 9.30. The summed E-state index contributed by atoms with van der Waals surface area (Å²) in [5.41, 5.74) is 0.795. The lowest BCUT2D eigenvalue weighted by molar-refractivity contribution is -0.134. The monoisotopic (exact) mass is 422 g/mol. The maximum Gasteiger partial charge on any atom is 0.282 e. The maximum atomic E-state index is 12.8. The zero-order valence-electron chi connectivity index (χ0n) is 15.6. The Labute approximate surface area is 166 Å². The van der Waals surface area contributed by atoms with Gasteiger partial charge in [0.05, 0.1) is 19.4 Å². The maximum absolute atomic E-state index is 12.8. The number of carbonyl (C=O) groups is 1. The van der Waals surface area contributed by atoms with Crippen molar-refractivity contribution in [2.75, 3.05) is 59.5 Å². The number of nitrogens with zero attached hydrogens (tertiary/aromatic N) is 5. The van der Waals surface area contributed by atoms with E-state index in [0.717, 1.165) is 5.56 Å². The zero-order valence-corrected chi connectivity index (χ0v) is 17.2. The molecule has 1 N–H and O–H groups in total. The molecule has 0 bridgehead atoms. The van der Waals surface area contributed by atoms with Crippen molar-refractivity contribution in [3.63, 3.8) is 0 Å². The summed E-state index contributed by atoms with van der Waals surface area (Å²) in [7, 11) is 0.0433. The lowest BCUT2D eigenvalue weighted by atomic mass is 10.1. The summed E-state index contributed by atoms with van der Waals surface area (Å²) in [6.07, 6.45) is 3.47. The molecule has 1 amide bonds. The van der Waals surface area contributed by atoms with Crippen LogP contribution in [0.15, 0.2) is 12.4 Å². The van der Waals surface area contributed by atoms with Gasteiger partial charge in [0, 0.05) is 58.1 Å². The summed E-state index contributed by atoms with van der Waals surface area (Å²) in [6, 6.07) is -0.480. The first-order valence-electron chi connectivity index (χ1n) is 8.71. The highest BCUT2D eigenvalue weighted by Gasteiger charge is 2.35. The normalized spacial score (nSPS) is 20.9. The first-order valence-corrected chi connectivity index (χ1v) is 10.1. The van der Waals surface area contributed by atoms with Crippen molar-refractivity contribution < 1.29 is 17.9 Å². The minimum absolute atomic E-state index is 0. The third-order valence-electron chi connectivity index (χ3n) is 4.77. The fourth-order valence-electron chi connectivity index (χ4n) is 3.28. The Morgan fingerprint density at radius 3 is 2.26 bits per heavy atom. The van der Waals surface area contributed by atoms with Gasteiger partial charge in [-0.3, -0.25) is 9.48 Å². The molecule has 2 fully saturated rings. The molecule has 3 rings (SSSR count). The van der Waals surface area contributed by atoms with Gasteiger partial charge >= 0.3 is 0 Å². The molecule has 154 valence electrons. The number of rotatable bonds is 5. The molecular weight excluding hydrogens is 396 g/mol. The topological polar surface area (TPSA) is 100 Å². The molecule has 0 spiro atoms. The molecule has 10 nitrogen and oxygen atoms in total. The fourth-order valence-corrected chi connectivity index (χ4v) is 4.85. The summed E-state index contributed by atoms with van der Waals surface area (Å²) >= 11 is 0. The molecule has 1 aromatic rings. The van der Waals surface area contributed by atoms with E-state index in [1.165, 1.54) is 8.61 Å². The van der Waals surface area contributed by atoms with Crippen LogP contribution in [0.3, 0.4) is 0 Å².